The van der Waals surface area contributed by atoms with Crippen molar-refractivity contribution in [1.29, 1.82) is 0 Å². The Morgan fingerprint density at radius 2 is 2.04 bits per heavy atom. The Kier molecular flexibility index (Phi) is 5.57. The van der Waals surface area contributed by atoms with Crippen molar-refractivity contribution in [2.45, 2.75) is 19.3 Å². The van der Waals surface area contributed by atoms with Gasteiger partial charge >= 0.3 is 6.03 Å². The van der Waals surface area contributed by atoms with Crippen LogP contribution >= 0.6 is 11.3 Å². The van der Waals surface area contributed by atoms with E-state index in [-0.39, 0.29) is 24.6 Å². The molecule has 1 aromatic heterocycles. The van der Waals surface area contributed by atoms with Crippen LogP contribution in [0.1, 0.15) is 25.1 Å². The van der Waals surface area contributed by atoms with E-state index < -0.39 is 0 Å². The van der Waals surface area contributed by atoms with Crippen LogP contribution in [0.25, 0.3) is 0 Å². The van der Waals surface area contributed by atoms with E-state index in [1.165, 1.54) is 11.3 Å². The topological polar surface area (TPSA) is 83.5 Å². The number of anilines is 1. The number of thiazole rings is 1. The van der Waals surface area contributed by atoms with Gasteiger partial charge in [0.25, 0.3) is 0 Å². The minimum absolute atomic E-state index is 0.0962. The van der Waals surface area contributed by atoms with E-state index in [1.54, 1.807) is 7.11 Å². The number of hydrogen-bond donors (Lipinski definition) is 3. The minimum atomic E-state index is -0.373. The molecule has 0 aliphatic carbocycles. The fourth-order valence-electron chi connectivity index (χ4n) is 2.08. The number of hydrogen-bond acceptors (Lipinski definition) is 5. The Labute approximate surface area is 139 Å². The first-order valence-corrected chi connectivity index (χ1v) is 8.11. The number of urea groups is 1. The monoisotopic (exact) mass is 335 g/mol. The summed E-state index contributed by atoms with van der Waals surface area (Å²) in [5.41, 5.74) is 1.70. The summed E-state index contributed by atoms with van der Waals surface area (Å²) in [5.74, 6) is 0.811. The molecule has 23 heavy (non-hydrogen) atoms. The van der Waals surface area contributed by atoms with Crippen LogP contribution in [0.2, 0.25) is 0 Å². The van der Waals surface area contributed by atoms with E-state index in [0.29, 0.717) is 5.13 Å². The second-order valence-corrected chi connectivity index (χ2v) is 6.35. The van der Waals surface area contributed by atoms with Crippen molar-refractivity contribution >= 4 is 22.5 Å². The van der Waals surface area contributed by atoms with Crippen LogP contribution in [0.3, 0.4) is 0 Å². The molecule has 7 heteroatoms. The Bertz CT molecular complexity index is 653. The number of benzene rings is 1. The summed E-state index contributed by atoms with van der Waals surface area (Å²) in [6.07, 6.45) is 0. The zero-order valence-electron chi connectivity index (χ0n) is 13.4. The van der Waals surface area contributed by atoms with Crippen LogP contribution in [0.5, 0.6) is 5.75 Å². The molecule has 0 unspecified atom stereocenters. The predicted molar refractivity (Wildman–Crippen MR) is 91.3 cm³/mol. The summed E-state index contributed by atoms with van der Waals surface area (Å²) in [4.78, 5) is 16.1. The molecule has 2 aromatic rings. The Balaban J connectivity index is 2.12. The lowest BCUT2D eigenvalue weighted by atomic mass is 9.82. The maximum absolute atomic E-state index is 11.6. The van der Waals surface area contributed by atoms with Gasteiger partial charge in [-0.3, -0.25) is 5.32 Å². The number of aliphatic hydroxyl groups is 1. The van der Waals surface area contributed by atoms with Crippen molar-refractivity contribution in [2.75, 3.05) is 25.6 Å². The SMILES string of the molecule is COc1ccc(C(C)(C)c2csc(NC(=O)NCCO)n2)cc1. The van der Waals surface area contributed by atoms with E-state index in [9.17, 15) is 4.79 Å². The van der Waals surface area contributed by atoms with Gasteiger partial charge in [-0.1, -0.05) is 26.0 Å². The zero-order chi connectivity index (χ0) is 16.9. The van der Waals surface area contributed by atoms with Gasteiger partial charge in [0.05, 0.1) is 19.4 Å². The lowest BCUT2D eigenvalue weighted by molar-refractivity contribution is 0.245. The summed E-state index contributed by atoms with van der Waals surface area (Å²) >= 11 is 1.37. The Morgan fingerprint density at radius 1 is 1.35 bits per heavy atom. The van der Waals surface area contributed by atoms with E-state index in [4.69, 9.17) is 9.84 Å². The van der Waals surface area contributed by atoms with Crippen molar-refractivity contribution in [3.63, 3.8) is 0 Å². The number of aliphatic hydroxyl groups excluding tert-OH is 1. The summed E-state index contributed by atoms with van der Waals surface area (Å²) in [6, 6.07) is 7.50. The first kappa shape index (κ1) is 17.2. The van der Waals surface area contributed by atoms with Gasteiger partial charge in [0.1, 0.15) is 5.75 Å². The van der Waals surface area contributed by atoms with Crippen LogP contribution in [0.4, 0.5) is 9.93 Å². The van der Waals surface area contributed by atoms with Crippen LogP contribution < -0.4 is 15.4 Å². The lowest BCUT2D eigenvalue weighted by Gasteiger charge is -2.23. The molecule has 0 spiro atoms. The lowest BCUT2D eigenvalue weighted by Crippen LogP contribution is -2.31. The Morgan fingerprint density at radius 3 is 2.65 bits per heavy atom. The quantitative estimate of drug-likeness (QED) is 0.758. The highest BCUT2D eigenvalue weighted by Gasteiger charge is 2.26. The van der Waals surface area contributed by atoms with Gasteiger partial charge in [0, 0.05) is 17.3 Å². The number of carbonyl (C=O) groups is 1. The second-order valence-electron chi connectivity index (χ2n) is 5.50. The molecule has 0 saturated heterocycles. The molecule has 1 heterocycles. The smallest absolute Gasteiger partial charge is 0.321 e. The number of nitrogens with zero attached hydrogens (tertiary/aromatic N) is 1. The van der Waals surface area contributed by atoms with Crippen molar-refractivity contribution in [1.82, 2.24) is 10.3 Å². The number of ether oxygens (including phenoxy) is 1. The van der Waals surface area contributed by atoms with Crippen LogP contribution in [0.15, 0.2) is 29.6 Å². The highest BCUT2D eigenvalue weighted by atomic mass is 32.1. The molecule has 2 rings (SSSR count). The highest BCUT2D eigenvalue weighted by molar-refractivity contribution is 7.13. The molecular formula is C16H21N3O3S. The van der Waals surface area contributed by atoms with Gasteiger partial charge in [-0.25, -0.2) is 9.78 Å². The summed E-state index contributed by atoms with van der Waals surface area (Å²) in [7, 11) is 1.64. The average molecular weight is 335 g/mol. The van der Waals surface area contributed by atoms with Crippen LogP contribution in [-0.2, 0) is 5.41 Å². The van der Waals surface area contributed by atoms with Crippen molar-refractivity contribution < 1.29 is 14.6 Å². The molecule has 6 nitrogen and oxygen atoms in total. The number of rotatable bonds is 6. The number of nitrogens with one attached hydrogen (secondary N) is 2. The fourth-order valence-corrected chi connectivity index (χ4v) is 2.96. The molecule has 0 aliphatic rings. The van der Waals surface area contributed by atoms with Crippen molar-refractivity contribution in [2.24, 2.45) is 0 Å². The van der Waals surface area contributed by atoms with E-state index in [1.807, 2.05) is 29.6 Å². The summed E-state index contributed by atoms with van der Waals surface area (Å²) in [5, 5.41) is 16.3. The third-order valence-corrected chi connectivity index (χ3v) is 4.33. The third-order valence-electron chi connectivity index (χ3n) is 3.57. The molecule has 1 aromatic carbocycles. The zero-order valence-corrected chi connectivity index (χ0v) is 14.2. The minimum Gasteiger partial charge on any atom is -0.497 e. The average Bonchev–Trinajstić information content (AvgIpc) is 3.02. The van der Waals surface area contributed by atoms with Gasteiger partial charge in [0.15, 0.2) is 5.13 Å². The number of carbonyl (C=O) groups excluding carboxylic acids is 1. The number of aromatic nitrogens is 1. The van der Waals surface area contributed by atoms with Gasteiger partial charge in [-0.2, -0.15) is 0 Å². The predicted octanol–water partition coefficient (Wildman–Crippen LogP) is 2.59. The molecular weight excluding hydrogens is 314 g/mol. The normalized spacial score (nSPS) is 11.1. The molecule has 0 bridgehead atoms. The standard InChI is InChI=1S/C16H21N3O3S/c1-16(2,11-4-6-12(22-3)7-5-11)13-10-23-15(18-13)19-14(21)17-8-9-20/h4-7,10,20H,8-9H2,1-3H3,(H2,17,18,19,21). The van der Waals surface area contributed by atoms with Gasteiger partial charge in [0.2, 0.25) is 0 Å². The van der Waals surface area contributed by atoms with Crippen molar-refractivity contribution in [3.05, 3.63) is 40.9 Å². The largest absolute Gasteiger partial charge is 0.497 e. The second kappa shape index (κ2) is 7.43. The molecule has 0 saturated carbocycles. The maximum Gasteiger partial charge on any atom is 0.321 e. The molecule has 0 atom stereocenters. The van der Waals surface area contributed by atoms with E-state index >= 15 is 0 Å². The Hall–Kier alpha value is -2.12. The molecule has 0 radical (unpaired) electrons. The maximum atomic E-state index is 11.6. The van der Waals surface area contributed by atoms with E-state index in [0.717, 1.165) is 17.0 Å². The van der Waals surface area contributed by atoms with Gasteiger partial charge in [-0.05, 0) is 17.7 Å². The first-order valence-electron chi connectivity index (χ1n) is 7.23. The first-order chi connectivity index (χ1) is 11.0. The molecule has 3 N–H and O–H groups in total. The van der Waals surface area contributed by atoms with Gasteiger partial charge in [-0.15, -0.1) is 11.3 Å². The van der Waals surface area contributed by atoms with Crippen LogP contribution in [-0.4, -0.2) is 36.4 Å². The number of methoxy groups -OCH3 is 1. The molecule has 2 amide bonds. The molecule has 124 valence electrons. The fraction of sp³-hybridized carbons (Fsp3) is 0.375. The summed E-state index contributed by atoms with van der Waals surface area (Å²) < 4.78 is 5.18. The number of amides is 2. The third kappa shape index (κ3) is 4.20. The molecule has 0 fully saturated rings. The van der Waals surface area contributed by atoms with Crippen molar-refractivity contribution in [3.8, 4) is 5.75 Å². The van der Waals surface area contributed by atoms with E-state index in [2.05, 4.69) is 29.5 Å². The summed E-state index contributed by atoms with van der Waals surface area (Å²) in [6.45, 7) is 4.28. The van der Waals surface area contributed by atoms with Gasteiger partial charge < -0.3 is 15.2 Å². The molecule has 0 aliphatic heterocycles. The highest BCUT2D eigenvalue weighted by Crippen LogP contribution is 2.34. The van der Waals surface area contributed by atoms with Crippen LogP contribution in [0, 0.1) is 0 Å².